The Labute approximate surface area is 219 Å². The molecule has 13 heteroatoms. The number of rotatable bonds is 13. The van der Waals surface area contributed by atoms with Crippen LogP contribution in [0.3, 0.4) is 0 Å². The molecule has 0 aliphatic carbocycles. The lowest BCUT2D eigenvalue weighted by Gasteiger charge is -2.14. The molecule has 0 saturated carbocycles. The first-order chi connectivity index (χ1) is 17.7. The molecule has 0 atom stereocenters. The van der Waals surface area contributed by atoms with Crippen LogP contribution in [-0.4, -0.2) is 81.4 Å². The number of ether oxygens (including phenoxy) is 1. The van der Waals surface area contributed by atoms with E-state index in [1.807, 2.05) is 18.2 Å². The highest BCUT2D eigenvalue weighted by atomic mass is 35.5. The predicted octanol–water partition coefficient (Wildman–Crippen LogP) is 1.65. The summed E-state index contributed by atoms with van der Waals surface area (Å²) in [6.45, 7) is 1.57. The topological polar surface area (TPSA) is 161 Å². The van der Waals surface area contributed by atoms with Gasteiger partial charge < -0.3 is 20.5 Å². The highest BCUT2D eigenvalue weighted by molar-refractivity contribution is 7.91. The minimum absolute atomic E-state index is 0.0146. The molecule has 1 heterocycles. The third-order valence-corrected chi connectivity index (χ3v) is 7.34. The highest BCUT2D eigenvalue weighted by Crippen LogP contribution is 2.23. The zero-order valence-corrected chi connectivity index (χ0v) is 21.4. The van der Waals surface area contributed by atoms with Crippen molar-refractivity contribution in [3.05, 3.63) is 64.2 Å². The summed E-state index contributed by atoms with van der Waals surface area (Å²) in [5.41, 5.74) is 1.91. The van der Waals surface area contributed by atoms with E-state index < -0.39 is 15.9 Å². The number of benzene rings is 2. The van der Waals surface area contributed by atoms with Crippen LogP contribution in [0, 0.1) is 11.3 Å². The number of amides is 1. The second-order valence-corrected chi connectivity index (χ2v) is 10.4. The van der Waals surface area contributed by atoms with E-state index in [9.17, 15) is 23.1 Å². The minimum atomic E-state index is -3.69. The molecule has 0 fully saturated rings. The Morgan fingerprint density at radius 2 is 1.95 bits per heavy atom. The highest BCUT2D eigenvalue weighted by Gasteiger charge is 2.24. The van der Waals surface area contributed by atoms with E-state index in [0.717, 1.165) is 11.1 Å². The van der Waals surface area contributed by atoms with Gasteiger partial charge in [0, 0.05) is 18.7 Å². The van der Waals surface area contributed by atoms with E-state index in [-0.39, 0.29) is 53.4 Å². The molecule has 0 unspecified atom stereocenters. The number of sulfone groups is 1. The molecule has 37 heavy (non-hydrogen) atoms. The van der Waals surface area contributed by atoms with Crippen LogP contribution in [0.2, 0.25) is 5.02 Å². The van der Waals surface area contributed by atoms with Crippen molar-refractivity contribution in [2.24, 2.45) is 4.99 Å². The molecule has 196 valence electrons. The predicted molar refractivity (Wildman–Crippen MR) is 136 cm³/mol. The number of nitrogens with zero attached hydrogens (tertiary/aromatic N) is 3. The summed E-state index contributed by atoms with van der Waals surface area (Å²) >= 11 is 5.97. The standard InChI is InChI=1S/C24H26ClN5O6S/c25-21-11-18(12-26)3-6-22(21)37(34,35)16-27-8-10-36-15-20(31)14-28-13-17-1-4-19(5-2-17)23-29-7-9-30(23)24(32)33/h1-6,11,27-28H,7-10,13-16H2,(H,32,33). The Kier molecular flexibility index (Phi) is 10.1. The number of carbonyl (C=O) groups excluding carboxylic acids is 1. The lowest BCUT2D eigenvalue weighted by molar-refractivity contribution is -0.122. The number of nitrogens with one attached hydrogen (secondary N) is 2. The number of carboxylic acid groups (broad SMARTS) is 1. The normalized spacial score (nSPS) is 13.3. The van der Waals surface area contributed by atoms with Gasteiger partial charge in [0.25, 0.3) is 0 Å². The van der Waals surface area contributed by atoms with Crippen molar-refractivity contribution in [1.29, 1.82) is 5.26 Å². The van der Waals surface area contributed by atoms with Gasteiger partial charge in [0.1, 0.15) is 18.3 Å². The summed E-state index contributed by atoms with van der Waals surface area (Å²) in [6, 6.07) is 13.2. The number of hydrogen-bond acceptors (Lipinski definition) is 9. The zero-order valence-electron chi connectivity index (χ0n) is 19.8. The second-order valence-electron chi connectivity index (χ2n) is 8.05. The molecule has 1 aliphatic heterocycles. The van der Waals surface area contributed by atoms with Gasteiger partial charge in [-0.1, -0.05) is 35.9 Å². The summed E-state index contributed by atoms with van der Waals surface area (Å²) in [6.07, 6.45) is -1.03. The quantitative estimate of drug-likeness (QED) is 0.316. The van der Waals surface area contributed by atoms with Crippen molar-refractivity contribution in [2.75, 3.05) is 45.3 Å². The fourth-order valence-electron chi connectivity index (χ4n) is 3.49. The van der Waals surface area contributed by atoms with Gasteiger partial charge >= 0.3 is 6.09 Å². The van der Waals surface area contributed by atoms with Crippen LogP contribution in [0.4, 0.5) is 4.79 Å². The van der Waals surface area contributed by atoms with Crippen molar-refractivity contribution in [3.63, 3.8) is 0 Å². The van der Waals surface area contributed by atoms with Crippen molar-refractivity contribution < 1.29 is 27.9 Å². The lowest BCUT2D eigenvalue weighted by atomic mass is 10.1. The molecule has 3 rings (SSSR count). The first-order valence-corrected chi connectivity index (χ1v) is 13.3. The van der Waals surface area contributed by atoms with Crippen LogP contribution in [-0.2, 0) is 25.9 Å². The van der Waals surface area contributed by atoms with E-state index in [1.54, 1.807) is 12.1 Å². The van der Waals surface area contributed by atoms with Gasteiger partial charge in [-0.25, -0.2) is 13.2 Å². The van der Waals surface area contributed by atoms with Gasteiger partial charge in [0.2, 0.25) is 0 Å². The molecule has 3 N–H and O–H groups in total. The number of aliphatic imine (C=N–C) groups is 1. The number of amidine groups is 1. The molecular weight excluding hydrogens is 522 g/mol. The maximum Gasteiger partial charge on any atom is 0.413 e. The summed E-state index contributed by atoms with van der Waals surface area (Å²) in [7, 11) is -3.69. The maximum atomic E-state index is 12.4. The molecule has 1 amide bonds. The van der Waals surface area contributed by atoms with Crippen molar-refractivity contribution in [2.45, 2.75) is 11.4 Å². The first kappa shape index (κ1) is 28.2. The fraction of sp³-hybridized carbons (Fsp3) is 0.333. The molecule has 0 radical (unpaired) electrons. The minimum Gasteiger partial charge on any atom is -0.465 e. The third kappa shape index (κ3) is 8.08. The Morgan fingerprint density at radius 1 is 1.19 bits per heavy atom. The Balaban J connectivity index is 1.30. The molecule has 0 bridgehead atoms. The number of Topliss-reactive ketones (excluding diaryl/α,β-unsaturated/α-hetero) is 1. The average molecular weight is 548 g/mol. The lowest BCUT2D eigenvalue weighted by Crippen LogP contribution is -2.33. The Hall–Kier alpha value is -3.34. The van der Waals surface area contributed by atoms with E-state index in [0.29, 0.717) is 25.5 Å². The Morgan fingerprint density at radius 3 is 2.62 bits per heavy atom. The fourth-order valence-corrected chi connectivity index (χ4v) is 5.22. The van der Waals surface area contributed by atoms with E-state index in [4.69, 9.17) is 21.6 Å². The zero-order chi connectivity index (χ0) is 26.8. The smallest absolute Gasteiger partial charge is 0.413 e. The molecule has 11 nitrogen and oxygen atoms in total. The summed E-state index contributed by atoms with van der Waals surface area (Å²) < 4.78 is 30.1. The molecule has 0 spiro atoms. The molecule has 1 aliphatic rings. The van der Waals surface area contributed by atoms with Crippen molar-refractivity contribution >= 4 is 39.2 Å². The van der Waals surface area contributed by atoms with Crippen molar-refractivity contribution in [3.8, 4) is 6.07 Å². The third-order valence-electron chi connectivity index (χ3n) is 5.31. The monoisotopic (exact) mass is 547 g/mol. The maximum absolute atomic E-state index is 12.4. The van der Waals surface area contributed by atoms with Gasteiger partial charge in [-0.15, -0.1) is 0 Å². The summed E-state index contributed by atoms with van der Waals surface area (Å²) in [4.78, 5) is 28.7. The van der Waals surface area contributed by atoms with Gasteiger partial charge in [-0.2, -0.15) is 5.26 Å². The van der Waals surface area contributed by atoms with E-state index in [1.165, 1.54) is 23.1 Å². The largest absolute Gasteiger partial charge is 0.465 e. The molecule has 2 aromatic carbocycles. The Bertz CT molecular complexity index is 1310. The summed E-state index contributed by atoms with van der Waals surface area (Å²) in [5.74, 6) is -0.0895. The molecule has 0 aromatic heterocycles. The second kappa shape index (κ2) is 13.3. The van der Waals surface area contributed by atoms with Gasteiger partial charge in [0.05, 0.1) is 47.8 Å². The molecular formula is C24H26ClN5O6S. The number of halogens is 1. The molecule has 2 aromatic rings. The summed E-state index contributed by atoms with van der Waals surface area (Å²) in [5, 5.41) is 23.8. The first-order valence-electron chi connectivity index (χ1n) is 11.3. The molecule has 0 saturated heterocycles. The van der Waals surface area contributed by atoms with Crippen LogP contribution in [0.5, 0.6) is 0 Å². The number of nitriles is 1. The average Bonchev–Trinajstić information content (AvgIpc) is 3.37. The van der Waals surface area contributed by atoms with Crippen molar-refractivity contribution in [1.82, 2.24) is 15.5 Å². The number of hydrogen-bond donors (Lipinski definition) is 3. The van der Waals surface area contributed by atoms with Crippen LogP contribution < -0.4 is 10.6 Å². The SMILES string of the molecule is N#Cc1ccc(S(=O)(=O)CNCCOCC(=O)CNCc2ccc(C3=NCCN3C(=O)O)cc2)c(Cl)c1. The van der Waals surface area contributed by atoms with Crippen LogP contribution in [0.25, 0.3) is 0 Å². The van der Waals surface area contributed by atoms with E-state index in [2.05, 4.69) is 15.6 Å². The van der Waals surface area contributed by atoms with E-state index >= 15 is 0 Å². The number of carbonyl (C=O) groups is 2. The van der Waals surface area contributed by atoms with Crippen LogP contribution in [0.15, 0.2) is 52.4 Å². The van der Waals surface area contributed by atoms with Crippen LogP contribution in [0.1, 0.15) is 16.7 Å². The van der Waals surface area contributed by atoms with Gasteiger partial charge in [-0.3, -0.25) is 14.7 Å². The van der Waals surface area contributed by atoms with Gasteiger partial charge in [-0.05, 0) is 23.8 Å². The number of ketones is 1. The van der Waals surface area contributed by atoms with Crippen LogP contribution >= 0.6 is 11.6 Å². The van der Waals surface area contributed by atoms with Gasteiger partial charge in [0.15, 0.2) is 15.6 Å².